The highest BCUT2D eigenvalue weighted by Crippen LogP contribution is 2.35. The van der Waals surface area contributed by atoms with Crippen molar-refractivity contribution in [2.24, 2.45) is 11.8 Å². The topological polar surface area (TPSA) is 41.9 Å². The number of nitrogens with zero attached hydrogens (tertiary/aromatic N) is 1. The molecular weight excluding hydrogens is 230 g/mol. The van der Waals surface area contributed by atoms with E-state index in [0.717, 1.165) is 45.2 Å². The Kier molecular flexibility index (Phi) is 5.42. The van der Waals surface area contributed by atoms with Gasteiger partial charge in [-0.15, -0.1) is 0 Å². The molecule has 1 saturated heterocycles. The zero-order valence-corrected chi connectivity index (χ0v) is 11.7. The van der Waals surface area contributed by atoms with Crippen molar-refractivity contribution in [3.05, 3.63) is 0 Å². The number of ether oxygens (including phenoxy) is 2. The van der Waals surface area contributed by atoms with E-state index in [4.69, 9.17) is 9.47 Å². The fourth-order valence-electron chi connectivity index (χ4n) is 2.79. The maximum atomic E-state index is 10.3. The van der Waals surface area contributed by atoms with Gasteiger partial charge in [0, 0.05) is 38.8 Å². The van der Waals surface area contributed by atoms with Crippen LogP contribution in [-0.4, -0.2) is 62.2 Å². The highest BCUT2D eigenvalue weighted by Gasteiger charge is 2.34. The Hall–Kier alpha value is -0.160. The van der Waals surface area contributed by atoms with Crippen molar-refractivity contribution in [3.63, 3.8) is 0 Å². The maximum Gasteiger partial charge on any atom is 0.0718 e. The Balaban J connectivity index is 1.82. The largest absolute Gasteiger partial charge is 0.391 e. The lowest BCUT2D eigenvalue weighted by Gasteiger charge is -2.32. The third-order valence-corrected chi connectivity index (χ3v) is 4.39. The first-order chi connectivity index (χ1) is 8.72. The molecule has 4 nitrogen and oxygen atoms in total. The fourth-order valence-corrected chi connectivity index (χ4v) is 2.79. The molecule has 3 atom stereocenters. The first-order valence-electron chi connectivity index (χ1n) is 7.21. The van der Waals surface area contributed by atoms with Crippen LogP contribution in [0.4, 0.5) is 0 Å². The summed E-state index contributed by atoms with van der Waals surface area (Å²) in [5.74, 6) is 1.15. The van der Waals surface area contributed by atoms with E-state index in [0.29, 0.717) is 12.0 Å². The number of hydrogen-bond acceptors (Lipinski definition) is 4. The van der Waals surface area contributed by atoms with Crippen molar-refractivity contribution >= 4 is 0 Å². The van der Waals surface area contributed by atoms with Gasteiger partial charge in [0.05, 0.1) is 19.3 Å². The quantitative estimate of drug-likeness (QED) is 0.708. The number of aliphatic hydroxyl groups is 1. The van der Waals surface area contributed by atoms with E-state index in [1.807, 2.05) is 0 Å². The van der Waals surface area contributed by atoms with Crippen LogP contribution < -0.4 is 0 Å². The van der Waals surface area contributed by atoms with Gasteiger partial charge in [-0.25, -0.2) is 0 Å². The maximum absolute atomic E-state index is 10.3. The first-order valence-corrected chi connectivity index (χ1v) is 7.21. The standard InChI is InChI=1S/C14H27NO3/c1-11(12-3-4-12)15(6-8-17-2)9-14(16)13-5-7-18-10-13/h11-14,16H,3-10H2,1-2H3. The third-order valence-electron chi connectivity index (χ3n) is 4.39. The predicted molar refractivity (Wildman–Crippen MR) is 70.6 cm³/mol. The molecule has 4 heteroatoms. The molecule has 1 saturated carbocycles. The molecule has 1 aliphatic heterocycles. The van der Waals surface area contributed by atoms with Gasteiger partial charge in [0.25, 0.3) is 0 Å². The van der Waals surface area contributed by atoms with Gasteiger partial charge in [0.15, 0.2) is 0 Å². The van der Waals surface area contributed by atoms with E-state index in [1.165, 1.54) is 12.8 Å². The van der Waals surface area contributed by atoms with E-state index in [-0.39, 0.29) is 6.10 Å². The Morgan fingerprint density at radius 2 is 2.11 bits per heavy atom. The van der Waals surface area contributed by atoms with Crippen molar-refractivity contribution in [1.29, 1.82) is 0 Å². The summed E-state index contributed by atoms with van der Waals surface area (Å²) >= 11 is 0. The average molecular weight is 257 g/mol. The van der Waals surface area contributed by atoms with Crippen molar-refractivity contribution in [2.75, 3.05) is 40.0 Å². The zero-order chi connectivity index (χ0) is 13.0. The molecule has 0 bridgehead atoms. The monoisotopic (exact) mass is 257 g/mol. The number of aliphatic hydroxyl groups excluding tert-OH is 1. The van der Waals surface area contributed by atoms with Crippen LogP contribution in [0.1, 0.15) is 26.2 Å². The van der Waals surface area contributed by atoms with E-state index in [2.05, 4.69) is 11.8 Å². The minimum Gasteiger partial charge on any atom is -0.391 e. The summed E-state index contributed by atoms with van der Waals surface area (Å²) in [6, 6.07) is 0.567. The van der Waals surface area contributed by atoms with Crippen molar-refractivity contribution in [3.8, 4) is 0 Å². The van der Waals surface area contributed by atoms with Gasteiger partial charge in [-0.05, 0) is 32.1 Å². The van der Waals surface area contributed by atoms with Crippen molar-refractivity contribution in [1.82, 2.24) is 4.90 Å². The molecule has 1 N–H and O–H groups in total. The number of methoxy groups -OCH3 is 1. The average Bonchev–Trinajstić information content (AvgIpc) is 3.08. The lowest BCUT2D eigenvalue weighted by atomic mass is 10.0. The molecule has 1 heterocycles. The summed E-state index contributed by atoms with van der Waals surface area (Å²) in [5, 5.41) is 10.3. The number of rotatable bonds is 8. The molecule has 0 aromatic heterocycles. The Morgan fingerprint density at radius 3 is 2.67 bits per heavy atom. The number of hydrogen-bond donors (Lipinski definition) is 1. The summed E-state index contributed by atoms with van der Waals surface area (Å²) in [4.78, 5) is 2.39. The Labute approximate surface area is 110 Å². The smallest absolute Gasteiger partial charge is 0.0718 e. The molecule has 0 spiro atoms. The van der Waals surface area contributed by atoms with Crippen LogP contribution in [0, 0.1) is 11.8 Å². The minimum atomic E-state index is -0.259. The molecule has 2 fully saturated rings. The van der Waals surface area contributed by atoms with Crippen LogP contribution >= 0.6 is 0 Å². The van der Waals surface area contributed by atoms with E-state index >= 15 is 0 Å². The normalized spacial score (nSPS) is 27.7. The van der Waals surface area contributed by atoms with Crippen LogP contribution in [0.15, 0.2) is 0 Å². The predicted octanol–water partition coefficient (Wildman–Crippen LogP) is 1.13. The van der Waals surface area contributed by atoms with Gasteiger partial charge >= 0.3 is 0 Å². The zero-order valence-electron chi connectivity index (χ0n) is 11.7. The third kappa shape index (κ3) is 3.92. The first kappa shape index (κ1) is 14.3. The van der Waals surface area contributed by atoms with Gasteiger partial charge in [0.2, 0.25) is 0 Å². The lowest BCUT2D eigenvalue weighted by molar-refractivity contribution is 0.0290. The van der Waals surface area contributed by atoms with Crippen LogP contribution in [0.3, 0.4) is 0 Å². The molecule has 2 rings (SSSR count). The summed E-state index contributed by atoms with van der Waals surface area (Å²) in [6.07, 6.45) is 3.42. The summed E-state index contributed by atoms with van der Waals surface area (Å²) in [7, 11) is 1.74. The molecule has 0 amide bonds. The van der Waals surface area contributed by atoms with Gasteiger partial charge in [-0.1, -0.05) is 0 Å². The molecule has 18 heavy (non-hydrogen) atoms. The van der Waals surface area contributed by atoms with Crippen LogP contribution in [0.25, 0.3) is 0 Å². The van der Waals surface area contributed by atoms with Crippen LogP contribution in [0.5, 0.6) is 0 Å². The van der Waals surface area contributed by atoms with Crippen molar-refractivity contribution < 1.29 is 14.6 Å². The van der Waals surface area contributed by atoms with Crippen LogP contribution in [0.2, 0.25) is 0 Å². The van der Waals surface area contributed by atoms with Crippen LogP contribution in [-0.2, 0) is 9.47 Å². The van der Waals surface area contributed by atoms with E-state index in [9.17, 15) is 5.11 Å². The molecular formula is C14H27NO3. The fraction of sp³-hybridized carbons (Fsp3) is 1.00. The summed E-state index contributed by atoms with van der Waals surface area (Å²) in [5.41, 5.74) is 0. The summed E-state index contributed by atoms with van der Waals surface area (Å²) < 4.78 is 10.5. The molecule has 106 valence electrons. The van der Waals surface area contributed by atoms with E-state index in [1.54, 1.807) is 7.11 Å². The van der Waals surface area contributed by atoms with Crippen molar-refractivity contribution in [2.45, 2.75) is 38.3 Å². The molecule has 0 radical (unpaired) electrons. The van der Waals surface area contributed by atoms with E-state index < -0.39 is 0 Å². The summed E-state index contributed by atoms with van der Waals surface area (Å²) in [6.45, 7) is 6.22. The molecule has 1 aliphatic carbocycles. The lowest BCUT2D eigenvalue weighted by Crippen LogP contribution is -2.44. The SMILES string of the molecule is COCCN(CC(O)C1CCOC1)C(C)C1CC1. The second-order valence-corrected chi connectivity index (χ2v) is 5.76. The molecule has 0 aromatic carbocycles. The van der Waals surface area contributed by atoms with Gasteiger partial charge in [0.1, 0.15) is 0 Å². The second kappa shape index (κ2) is 6.85. The Bertz CT molecular complexity index is 239. The van der Waals surface area contributed by atoms with Gasteiger partial charge in [-0.2, -0.15) is 0 Å². The Morgan fingerprint density at radius 1 is 1.33 bits per heavy atom. The molecule has 0 aromatic rings. The second-order valence-electron chi connectivity index (χ2n) is 5.76. The van der Waals surface area contributed by atoms with Gasteiger partial charge < -0.3 is 14.6 Å². The molecule has 2 aliphatic rings. The highest BCUT2D eigenvalue weighted by molar-refractivity contribution is 4.87. The molecule has 3 unspecified atom stereocenters. The highest BCUT2D eigenvalue weighted by atomic mass is 16.5. The van der Waals surface area contributed by atoms with Gasteiger partial charge in [-0.3, -0.25) is 4.90 Å². The minimum absolute atomic E-state index is 0.259.